The molecule has 0 heterocycles. The molecule has 0 atom stereocenters. The summed E-state index contributed by atoms with van der Waals surface area (Å²) in [5.74, 6) is 0. The molecule has 0 spiro atoms. The smallest absolute Gasteiger partial charge is 0.0503 e. The number of hydrogen-bond donors (Lipinski definition) is 2. The highest BCUT2D eigenvalue weighted by Crippen LogP contribution is 2.12. The summed E-state index contributed by atoms with van der Waals surface area (Å²) < 4.78 is 0. The van der Waals surface area contributed by atoms with Gasteiger partial charge >= 0.3 is 0 Å². The fourth-order valence-electron chi connectivity index (χ4n) is 1.19. The summed E-state index contributed by atoms with van der Waals surface area (Å²) in [5, 5.41) is 3.33. The van der Waals surface area contributed by atoms with Crippen molar-refractivity contribution in [3.05, 3.63) is 23.5 Å². The van der Waals surface area contributed by atoms with Crippen LogP contribution >= 0.6 is 0 Å². The Morgan fingerprint density at radius 2 is 2.27 bits per heavy atom. The van der Waals surface area contributed by atoms with Gasteiger partial charge in [0, 0.05) is 11.7 Å². The Labute approximate surface area is 68.2 Å². The molecule has 62 valence electrons. The maximum Gasteiger partial charge on any atom is 0.0503 e. The topological polar surface area (TPSA) is 38.0 Å². The van der Waals surface area contributed by atoms with Gasteiger partial charge in [-0.15, -0.1) is 0 Å². The van der Waals surface area contributed by atoms with E-state index in [1.165, 1.54) is 5.70 Å². The molecule has 0 bridgehead atoms. The first-order valence-electron chi connectivity index (χ1n) is 4.12. The maximum absolute atomic E-state index is 5.76. The van der Waals surface area contributed by atoms with Crippen LogP contribution in [0.25, 0.3) is 0 Å². The predicted octanol–water partition coefficient (Wildman–Crippen LogP) is 1.50. The average molecular weight is 152 g/mol. The highest BCUT2D eigenvalue weighted by Gasteiger charge is 2.05. The fourth-order valence-corrected chi connectivity index (χ4v) is 1.19. The van der Waals surface area contributed by atoms with Crippen molar-refractivity contribution in [1.29, 1.82) is 0 Å². The molecule has 0 saturated heterocycles. The summed E-state index contributed by atoms with van der Waals surface area (Å²) in [7, 11) is 0. The van der Waals surface area contributed by atoms with E-state index in [0.29, 0.717) is 6.04 Å². The van der Waals surface area contributed by atoms with Crippen molar-refractivity contribution in [3.8, 4) is 0 Å². The molecule has 0 saturated carbocycles. The highest BCUT2D eigenvalue weighted by atomic mass is 14.9. The lowest BCUT2D eigenvalue weighted by atomic mass is 10.1. The van der Waals surface area contributed by atoms with E-state index in [1.54, 1.807) is 0 Å². The van der Waals surface area contributed by atoms with Crippen LogP contribution in [0.15, 0.2) is 23.5 Å². The first-order valence-corrected chi connectivity index (χ1v) is 4.12. The summed E-state index contributed by atoms with van der Waals surface area (Å²) in [5.41, 5.74) is 7.85. The molecule has 0 unspecified atom stereocenters. The molecular weight excluding hydrogens is 136 g/mol. The Bertz CT molecular complexity index is 190. The Kier molecular flexibility index (Phi) is 2.58. The molecule has 2 heteroatoms. The van der Waals surface area contributed by atoms with Crippen LogP contribution in [0, 0.1) is 0 Å². The predicted molar refractivity (Wildman–Crippen MR) is 47.9 cm³/mol. The zero-order valence-electron chi connectivity index (χ0n) is 7.22. The zero-order chi connectivity index (χ0) is 8.27. The van der Waals surface area contributed by atoms with Crippen molar-refractivity contribution in [1.82, 2.24) is 5.32 Å². The van der Waals surface area contributed by atoms with Crippen LogP contribution in [-0.2, 0) is 0 Å². The second kappa shape index (κ2) is 3.46. The van der Waals surface area contributed by atoms with Gasteiger partial charge in [0.25, 0.3) is 0 Å². The monoisotopic (exact) mass is 152 g/mol. The van der Waals surface area contributed by atoms with Gasteiger partial charge in [-0.25, -0.2) is 0 Å². The third kappa shape index (κ3) is 2.30. The molecule has 0 aromatic heterocycles. The van der Waals surface area contributed by atoms with E-state index in [1.807, 2.05) is 6.08 Å². The Hall–Kier alpha value is -0.920. The molecule has 1 rings (SSSR count). The number of hydrogen-bond acceptors (Lipinski definition) is 2. The molecule has 0 amide bonds. The van der Waals surface area contributed by atoms with Crippen LogP contribution in [0.1, 0.15) is 26.7 Å². The SMILES string of the molecule is CC(C)NC1=C(N)C=CCC1. The van der Waals surface area contributed by atoms with Crippen molar-refractivity contribution >= 4 is 0 Å². The molecule has 0 aromatic carbocycles. The number of nitrogens with two attached hydrogens (primary N) is 1. The minimum Gasteiger partial charge on any atom is -0.397 e. The molecule has 2 nitrogen and oxygen atoms in total. The van der Waals surface area contributed by atoms with Crippen LogP contribution in [0.4, 0.5) is 0 Å². The Morgan fingerprint density at radius 1 is 1.55 bits per heavy atom. The minimum atomic E-state index is 0.482. The van der Waals surface area contributed by atoms with Crippen LogP contribution in [0.3, 0.4) is 0 Å². The summed E-state index contributed by atoms with van der Waals surface area (Å²) >= 11 is 0. The zero-order valence-corrected chi connectivity index (χ0v) is 7.22. The van der Waals surface area contributed by atoms with E-state index in [2.05, 4.69) is 25.2 Å². The van der Waals surface area contributed by atoms with Gasteiger partial charge in [-0.05, 0) is 32.8 Å². The molecule has 11 heavy (non-hydrogen) atoms. The average Bonchev–Trinajstić information content (AvgIpc) is 1.93. The largest absolute Gasteiger partial charge is 0.397 e. The molecule has 0 aliphatic heterocycles. The minimum absolute atomic E-state index is 0.482. The standard InChI is InChI=1S/C9H16N2/c1-7(2)11-9-6-4-3-5-8(9)10/h3,5,7,11H,4,6,10H2,1-2H3. The molecule has 0 aromatic rings. The molecule has 1 aliphatic carbocycles. The van der Waals surface area contributed by atoms with Crippen molar-refractivity contribution in [3.63, 3.8) is 0 Å². The lowest BCUT2D eigenvalue weighted by Gasteiger charge is -2.17. The van der Waals surface area contributed by atoms with E-state index in [-0.39, 0.29) is 0 Å². The summed E-state index contributed by atoms with van der Waals surface area (Å²) in [4.78, 5) is 0. The van der Waals surface area contributed by atoms with Gasteiger partial charge in [0.2, 0.25) is 0 Å². The first-order chi connectivity index (χ1) is 5.20. The Morgan fingerprint density at radius 3 is 2.82 bits per heavy atom. The van der Waals surface area contributed by atoms with Gasteiger partial charge in [-0.2, -0.15) is 0 Å². The van der Waals surface area contributed by atoms with Crippen molar-refractivity contribution in [2.45, 2.75) is 32.7 Å². The molecule has 0 radical (unpaired) electrons. The van der Waals surface area contributed by atoms with Crippen LogP contribution in [0.2, 0.25) is 0 Å². The van der Waals surface area contributed by atoms with Gasteiger partial charge in [-0.1, -0.05) is 6.08 Å². The summed E-state index contributed by atoms with van der Waals surface area (Å²) in [6.45, 7) is 4.25. The van der Waals surface area contributed by atoms with Crippen molar-refractivity contribution in [2.75, 3.05) is 0 Å². The van der Waals surface area contributed by atoms with Crippen molar-refractivity contribution in [2.24, 2.45) is 5.73 Å². The van der Waals surface area contributed by atoms with Crippen molar-refractivity contribution < 1.29 is 0 Å². The second-order valence-electron chi connectivity index (χ2n) is 3.17. The lowest BCUT2D eigenvalue weighted by Crippen LogP contribution is -2.25. The summed E-state index contributed by atoms with van der Waals surface area (Å²) in [6, 6.07) is 0.482. The van der Waals surface area contributed by atoms with E-state index in [4.69, 9.17) is 5.73 Å². The lowest BCUT2D eigenvalue weighted by molar-refractivity contribution is 0.633. The fraction of sp³-hybridized carbons (Fsp3) is 0.556. The highest BCUT2D eigenvalue weighted by molar-refractivity contribution is 5.25. The third-order valence-electron chi connectivity index (χ3n) is 1.67. The normalized spacial score (nSPS) is 17.7. The first kappa shape index (κ1) is 8.18. The number of rotatable bonds is 2. The molecule has 0 fully saturated rings. The van der Waals surface area contributed by atoms with E-state index < -0.39 is 0 Å². The number of nitrogens with one attached hydrogen (secondary N) is 1. The van der Waals surface area contributed by atoms with Crippen LogP contribution < -0.4 is 11.1 Å². The Balaban J connectivity index is 2.60. The van der Waals surface area contributed by atoms with Gasteiger partial charge in [0.15, 0.2) is 0 Å². The van der Waals surface area contributed by atoms with Crippen LogP contribution in [0.5, 0.6) is 0 Å². The van der Waals surface area contributed by atoms with Gasteiger partial charge in [0.1, 0.15) is 0 Å². The van der Waals surface area contributed by atoms with Crippen LogP contribution in [-0.4, -0.2) is 6.04 Å². The van der Waals surface area contributed by atoms with Gasteiger partial charge in [0.05, 0.1) is 5.70 Å². The van der Waals surface area contributed by atoms with E-state index >= 15 is 0 Å². The molecule has 1 aliphatic rings. The number of allylic oxidation sites excluding steroid dienone is 3. The maximum atomic E-state index is 5.76. The summed E-state index contributed by atoms with van der Waals surface area (Å²) in [6.07, 6.45) is 6.26. The van der Waals surface area contributed by atoms with Gasteiger partial charge < -0.3 is 11.1 Å². The third-order valence-corrected chi connectivity index (χ3v) is 1.67. The quantitative estimate of drug-likeness (QED) is 0.629. The van der Waals surface area contributed by atoms with E-state index in [9.17, 15) is 0 Å². The van der Waals surface area contributed by atoms with E-state index in [0.717, 1.165) is 18.5 Å². The molecule has 3 N–H and O–H groups in total. The van der Waals surface area contributed by atoms with Gasteiger partial charge in [-0.3, -0.25) is 0 Å². The second-order valence-corrected chi connectivity index (χ2v) is 3.17. The molecular formula is C9H16N2.